The van der Waals surface area contributed by atoms with Crippen molar-refractivity contribution in [2.24, 2.45) is 0 Å². The molecule has 0 N–H and O–H groups in total. The van der Waals surface area contributed by atoms with Crippen LogP contribution in [0.2, 0.25) is 0 Å². The maximum absolute atomic E-state index is 14.3. The van der Waals surface area contributed by atoms with Crippen LogP contribution in [0.4, 0.5) is 17.6 Å². The molecular formula is C26H25F4N3O4S. The summed E-state index contributed by atoms with van der Waals surface area (Å²) in [4.78, 5) is 4.87. The first-order valence-corrected chi connectivity index (χ1v) is 13.8. The van der Waals surface area contributed by atoms with Crippen LogP contribution in [0.15, 0.2) is 40.9 Å². The van der Waals surface area contributed by atoms with E-state index in [1.165, 1.54) is 6.07 Å². The summed E-state index contributed by atoms with van der Waals surface area (Å²) in [5.41, 5.74) is 4.34. The fraction of sp³-hybridized carbons (Fsp3) is 0.385. The van der Waals surface area contributed by atoms with Crippen molar-refractivity contribution in [1.82, 2.24) is 14.7 Å². The van der Waals surface area contributed by atoms with Gasteiger partial charge in [0.2, 0.25) is 0 Å². The molecule has 1 aliphatic heterocycles. The van der Waals surface area contributed by atoms with E-state index < -0.39 is 27.8 Å². The molecule has 2 aromatic heterocycles. The van der Waals surface area contributed by atoms with E-state index in [2.05, 4.69) is 9.89 Å². The molecule has 3 heterocycles. The Kier molecular flexibility index (Phi) is 6.49. The fourth-order valence-corrected chi connectivity index (χ4v) is 6.90. The number of alkyl halides is 3. The molecule has 0 aliphatic carbocycles. The minimum Gasteiger partial charge on any atom is -0.403 e. The van der Waals surface area contributed by atoms with Crippen LogP contribution in [-0.4, -0.2) is 41.0 Å². The number of hydrogen-bond acceptors (Lipinski definition) is 6. The van der Waals surface area contributed by atoms with Gasteiger partial charge in [-0.3, -0.25) is 0 Å². The van der Waals surface area contributed by atoms with Crippen LogP contribution >= 0.6 is 0 Å². The highest BCUT2D eigenvalue weighted by Crippen LogP contribution is 2.36. The van der Waals surface area contributed by atoms with Crippen molar-refractivity contribution < 1.29 is 35.2 Å². The average molecular weight is 552 g/mol. The summed E-state index contributed by atoms with van der Waals surface area (Å²) >= 11 is 0. The Bertz CT molecular complexity index is 1610. The first-order valence-electron chi connectivity index (χ1n) is 12.0. The van der Waals surface area contributed by atoms with Crippen molar-refractivity contribution in [3.63, 3.8) is 0 Å². The van der Waals surface area contributed by atoms with E-state index in [9.17, 15) is 26.0 Å². The van der Waals surface area contributed by atoms with E-state index in [1.807, 2.05) is 43.5 Å². The Morgan fingerprint density at radius 1 is 1.18 bits per heavy atom. The molecule has 0 amide bonds. The highest BCUT2D eigenvalue weighted by atomic mass is 32.2. The lowest BCUT2D eigenvalue weighted by molar-refractivity contribution is -0.275. The lowest BCUT2D eigenvalue weighted by Gasteiger charge is -2.19. The van der Waals surface area contributed by atoms with Crippen molar-refractivity contribution in [3.8, 4) is 16.9 Å². The molecule has 202 valence electrons. The largest absolute Gasteiger partial charge is 0.573 e. The molecule has 2 atom stereocenters. The number of ether oxygens (including phenoxy) is 1. The molecule has 1 aliphatic rings. The van der Waals surface area contributed by atoms with Gasteiger partial charge in [0.25, 0.3) is 0 Å². The Morgan fingerprint density at radius 3 is 2.55 bits per heavy atom. The normalized spacial score (nSPS) is 18.2. The van der Waals surface area contributed by atoms with Gasteiger partial charge >= 0.3 is 6.36 Å². The van der Waals surface area contributed by atoms with Crippen LogP contribution in [0.3, 0.4) is 0 Å². The predicted octanol–water partition coefficient (Wildman–Crippen LogP) is 6.05. The Morgan fingerprint density at radius 2 is 1.95 bits per heavy atom. The van der Waals surface area contributed by atoms with Gasteiger partial charge in [0.05, 0.1) is 34.3 Å². The monoisotopic (exact) mass is 551 g/mol. The van der Waals surface area contributed by atoms with Gasteiger partial charge in [-0.2, -0.15) is 0 Å². The highest BCUT2D eigenvalue weighted by molar-refractivity contribution is 7.91. The van der Waals surface area contributed by atoms with Gasteiger partial charge < -0.3 is 13.8 Å². The average Bonchev–Trinajstić information content (AvgIpc) is 3.48. The van der Waals surface area contributed by atoms with E-state index in [0.717, 1.165) is 34.5 Å². The second-order valence-electron chi connectivity index (χ2n) is 9.72. The number of benzene rings is 2. The molecule has 0 spiro atoms. The first-order chi connectivity index (χ1) is 17.8. The van der Waals surface area contributed by atoms with Crippen molar-refractivity contribution in [2.75, 3.05) is 11.5 Å². The quantitative estimate of drug-likeness (QED) is 0.271. The third-order valence-corrected chi connectivity index (χ3v) is 8.57. The second kappa shape index (κ2) is 9.40. The number of rotatable bonds is 6. The highest BCUT2D eigenvalue weighted by Gasteiger charge is 2.34. The summed E-state index contributed by atoms with van der Waals surface area (Å²) < 4.78 is 87.5. The van der Waals surface area contributed by atoms with E-state index in [-0.39, 0.29) is 29.9 Å². The van der Waals surface area contributed by atoms with E-state index in [4.69, 9.17) is 9.51 Å². The van der Waals surface area contributed by atoms with Gasteiger partial charge in [-0.15, -0.1) is 13.2 Å². The van der Waals surface area contributed by atoms with Gasteiger partial charge in [0.15, 0.2) is 21.4 Å². The van der Waals surface area contributed by atoms with Crippen LogP contribution in [0.25, 0.3) is 22.2 Å². The van der Waals surface area contributed by atoms with Crippen molar-refractivity contribution >= 4 is 20.9 Å². The molecule has 2 aromatic carbocycles. The number of halogens is 4. The smallest absolute Gasteiger partial charge is 0.403 e. The van der Waals surface area contributed by atoms with Gasteiger partial charge in [-0.05, 0) is 62.1 Å². The SMILES string of the molecule is Cc1noc(C)c1-c1ccc2c(c1)nc(C(C)Cc1ccc(OC(F)(F)F)c(F)c1)n2C1CCS(=O)(=O)C1. The molecule has 2 unspecified atom stereocenters. The Hall–Kier alpha value is -3.41. The topological polar surface area (TPSA) is 87.2 Å². The summed E-state index contributed by atoms with van der Waals surface area (Å²) in [5.74, 6) is -0.973. The number of hydrogen-bond donors (Lipinski definition) is 0. The number of imidazole rings is 1. The van der Waals surface area contributed by atoms with Crippen LogP contribution in [0.1, 0.15) is 48.1 Å². The minimum absolute atomic E-state index is 0.0120. The minimum atomic E-state index is -5.00. The third kappa shape index (κ3) is 5.13. The number of aryl methyl sites for hydroxylation is 2. The van der Waals surface area contributed by atoms with Crippen molar-refractivity contribution in [1.29, 1.82) is 0 Å². The van der Waals surface area contributed by atoms with Crippen LogP contribution in [0, 0.1) is 19.7 Å². The third-order valence-electron chi connectivity index (χ3n) is 6.82. The van der Waals surface area contributed by atoms with Gasteiger partial charge in [0.1, 0.15) is 11.6 Å². The zero-order valence-electron chi connectivity index (χ0n) is 20.8. The maximum atomic E-state index is 14.3. The summed E-state index contributed by atoms with van der Waals surface area (Å²) in [6.45, 7) is 5.53. The molecule has 0 saturated carbocycles. The molecule has 12 heteroatoms. The van der Waals surface area contributed by atoms with E-state index in [1.54, 1.807) is 0 Å². The molecule has 7 nitrogen and oxygen atoms in total. The fourth-order valence-electron chi connectivity index (χ4n) is 5.20. The molecule has 5 rings (SSSR count). The molecule has 0 bridgehead atoms. The van der Waals surface area contributed by atoms with Crippen molar-refractivity contribution in [3.05, 3.63) is 65.1 Å². The maximum Gasteiger partial charge on any atom is 0.573 e. The molecular weight excluding hydrogens is 526 g/mol. The molecule has 1 saturated heterocycles. The van der Waals surface area contributed by atoms with Crippen LogP contribution in [0.5, 0.6) is 5.75 Å². The van der Waals surface area contributed by atoms with Gasteiger partial charge in [-0.1, -0.05) is 24.2 Å². The molecule has 1 fully saturated rings. The number of fused-ring (bicyclic) bond motifs is 1. The molecule has 4 aromatic rings. The number of aromatic nitrogens is 3. The molecule has 0 radical (unpaired) electrons. The summed E-state index contributed by atoms with van der Waals surface area (Å²) in [5, 5.41) is 4.01. The zero-order chi connectivity index (χ0) is 27.4. The summed E-state index contributed by atoms with van der Waals surface area (Å²) in [6, 6.07) is 8.75. The van der Waals surface area contributed by atoms with Crippen LogP contribution in [-0.2, 0) is 16.3 Å². The summed E-state index contributed by atoms with van der Waals surface area (Å²) in [7, 11) is -3.20. The second-order valence-corrected chi connectivity index (χ2v) is 11.9. The Labute approximate surface area is 216 Å². The van der Waals surface area contributed by atoms with Crippen LogP contribution < -0.4 is 4.74 Å². The Balaban J connectivity index is 1.54. The standard InChI is InChI=1S/C26H25F4N3O4S/c1-14(10-17-4-7-23(20(27)11-17)36-26(28,29)30)25-31-21-12-18(24-15(2)32-37-16(24)3)5-6-22(21)33(25)19-8-9-38(34,35)13-19/h4-7,11-12,14,19H,8-10,13H2,1-3H3. The van der Waals surface area contributed by atoms with Gasteiger partial charge in [0, 0.05) is 11.5 Å². The number of sulfone groups is 1. The number of nitrogens with zero attached hydrogens (tertiary/aromatic N) is 3. The lowest BCUT2D eigenvalue weighted by Crippen LogP contribution is -2.18. The zero-order valence-corrected chi connectivity index (χ0v) is 21.7. The van der Waals surface area contributed by atoms with Gasteiger partial charge in [-0.25, -0.2) is 17.8 Å². The predicted molar refractivity (Wildman–Crippen MR) is 132 cm³/mol. The first kappa shape index (κ1) is 26.2. The van der Waals surface area contributed by atoms with Crippen molar-refractivity contribution in [2.45, 2.75) is 51.9 Å². The molecule has 38 heavy (non-hydrogen) atoms. The summed E-state index contributed by atoms with van der Waals surface area (Å²) in [6.07, 6.45) is -4.29. The van der Waals surface area contributed by atoms with E-state index >= 15 is 0 Å². The lowest BCUT2D eigenvalue weighted by atomic mass is 9.99. The van der Waals surface area contributed by atoms with E-state index in [0.29, 0.717) is 29.1 Å².